The summed E-state index contributed by atoms with van der Waals surface area (Å²) in [6.07, 6.45) is 19.9. The average Bonchev–Trinajstić information content (AvgIpc) is 3.18. The summed E-state index contributed by atoms with van der Waals surface area (Å²) < 4.78 is 39.5. The van der Waals surface area contributed by atoms with E-state index in [1.807, 2.05) is 51.5 Å². The second-order valence-electron chi connectivity index (χ2n) is 16.9. The van der Waals surface area contributed by atoms with E-state index in [4.69, 9.17) is 23.3 Å². The second kappa shape index (κ2) is 31.1. The number of methoxy groups -OCH3 is 1. The molecule has 0 spiro atoms. The van der Waals surface area contributed by atoms with Gasteiger partial charge in [0.1, 0.15) is 19.8 Å². The van der Waals surface area contributed by atoms with Crippen molar-refractivity contribution in [1.82, 2.24) is 5.32 Å². The number of phosphoric acid groups is 1. The molecule has 1 unspecified atom stereocenters. The molecule has 0 saturated heterocycles. The molecule has 2 rings (SSSR count). The van der Waals surface area contributed by atoms with Crippen molar-refractivity contribution in [3.8, 4) is 0 Å². The van der Waals surface area contributed by atoms with Gasteiger partial charge in [0.15, 0.2) is 6.10 Å². The zero-order valence-electron chi connectivity index (χ0n) is 37.1. The molecule has 2 aromatic rings. The smallest absolute Gasteiger partial charge is 0.462 e. The van der Waals surface area contributed by atoms with Crippen molar-refractivity contribution in [3.05, 3.63) is 47.5 Å². The lowest BCUT2D eigenvalue weighted by atomic mass is 10.0. The summed E-state index contributed by atoms with van der Waals surface area (Å²) >= 11 is 0. The topological polar surface area (TPSA) is 147 Å². The Labute approximate surface area is 355 Å². The molecule has 12 nitrogen and oxygen atoms in total. The third kappa shape index (κ3) is 27.6. The number of carbonyl (C=O) groups excluding carboxylic acids is 3. The van der Waals surface area contributed by atoms with Crippen LogP contribution in [0, 0.1) is 0 Å². The molecule has 336 valence electrons. The molecule has 2 atom stereocenters. The summed E-state index contributed by atoms with van der Waals surface area (Å²) in [4.78, 5) is 48.1. The van der Waals surface area contributed by atoms with Crippen LogP contribution in [0.15, 0.2) is 36.4 Å². The maximum atomic E-state index is 12.8. The summed E-state index contributed by atoms with van der Waals surface area (Å²) in [6, 6.07) is 12.1. The molecular formula is C46H78N2O10P+. The van der Waals surface area contributed by atoms with Crippen LogP contribution in [0.1, 0.15) is 146 Å². The number of phosphoric ester groups is 1. The number of fused-ring (bicyclic) bond motifs is 1. The van der Waals surface area contributed by atoms with Crippen molar-refractivity contribution < 1.29 is 51.6 Å². The van der Waals surface area contributed by atoms with Crippen molar-refractivity contribution in [2.45, 2.75) is 154 Å². The van der Waals surface area contributed by atoms with E-state index in [0.29, 0.717) is 49.9 Å². The van der Waals surface area contributed by atoms with Crippen LogP contribution in [0.4, 0.5) is 0 Å². The normalized spacial score (nSPS) is 13.3. The van der Waals surface area contributed by atoms with Gasteiger partial charge < -0.3 is 28.9 Å². The van der Waals surface area contributed by atoms with E-state index in [1.54, 1.807) is 7.11 Å². The number of hydrogen-bond donors (Lipinski definition) is 2. The van der Waals surface area contributed by atoms with Crippen molar-refractivity contribution in [1.29, 1.82) is 0 Å². The van der Waals surface area contributed by atoms with Crippen LogP contribution in [0.2, 0.25) is 0 Å². The number of hydrogen-bond acceptors (Lipinski definition) is 9. The molecule has 0 heterocycles. The summed E-state index contributed by atoms with van der Waals surface area (Å²) in [5.41, 5.74) is 2.03. The predicted octanol–water partition coefficient (Wildman–Crippen LogP) is 9.76. The minimum absolute atomic E-state index is 0.00372. The van der Waals surface area contributed by atoms with Gasteiger partial charge in [0, 0.05) is 26.5 Å². The van der Waals surface area contributed by atoms with Gasteiger partial charge in [-0.3, -0.25) is 23.4 Å². The van der Waals surface area contributed by atoms with Crippen LogP contribution in [0.3, 0.4) is 0 Å². The summed E-state index contributed by atoms with van der Waals surface area (Å²) in [5.74, 6) is -1.02. The second-order valence-corrected chi connectivity index (χ2v) is 18.3. The van der Waals surface area contributed by atoms with Gasteiger partial charge in [0.05, 0.1) is 40.8 Å². The monoisotopic (exact) mass is 850 g/mol. The zero-order valence-corrected chi connectivity index (χ0v) is 38.0. The lowest BCUT2D eigenvalue weighted by Gasteiger charge is -2.24. The first-order chi connectivity index (χ1) is 28.3. The Morgan fingerprint density at radius 2 is 1.22 bits per heavy atom. The van der Waals surface area contributed by atoms with Crippen LogP contribution in [0.5, 0.6) is 0 Å². The maximum absolute atomic E-state index is 12.8. The van der Waals surface area contributed by atoms with E-state index in [0.717, 1.165) is 41.2 Å². The molecule has 0 saturated carbocycles. The molecule has 13 heteroatoms. The SMILES string of the molecule is CCCCCCCCCCCCCCCCCC(=O)OC[C@H](COP(=O)(O)OCC[N+](C)(C)C)OC(=O)CCCCCNC(=O)Cc1ccc2cc(COC)ccc2c1. The molecule has 0 aromatic heterocycles. The number of nitrogens with one attached hydrogen (secondary N) is 1. The number of esters is 2. The van der Waals surface area contributed by atoms with Crippen molar-refractivity contribution in [2.24, 2.45) is 0 Å². The van der Waals surface area contributed by atoms with Crippen LogP contribution >= 0.6 is 7.82 Å². The van der Waals surface area contributed by atoms with Gasteiger partial charge in [-0.15, -0.1) is 0 Å². The highest BCUT2D eigenvalue weighted by molar-refractivity contribution is 7.47. The van der Waals surface area contributed by atoms with E-state index < -0.39 is 32.5 Å². The number of quaternary nitrogens is 1. The van der Waals surface area contributed by atoms with Crippen molar-refractivity contribution in [3.63, 3.8) is 0 Å². The molecule has 0 bridgehead atoms. The fraction of sp³-hybridized carbons (Fsp3) is 0.717. The number of rotatable bonds is 36. The van der Waals surface area contributed by atoms with Crippen molar-refractivity contribution in [2.75, 3.05) is 61.2 Å². The van der Waals surface area contributed by atoms with Crippen LogP contribution in [-0.4, -0.2) is 94.5 Å². The molecule has 1 amide bonds. The first-order valence-corrected chi connectivity index (χ1v) is 23.8. The Kier molecular flexibility index (Phi) is 27.5. The van der Waals surface area contributed by atoms with E-state index in [-0.39, 0.29) is 38.4 Å². The number of nitrogens with zero attached hydrogens (tertiary/aromatic N) is 1. The Bertz CT molecular complexity index is 1510. The van der Waals surface area contributed by atoms with Crippen molar-refractivity contribution >= 4 is 36.4 Å². The van der Waals surface area contributed by atoms with Gasteiger partial charge in [0.25, 0.3) is 0 Å². The highest BCUT2D eigenvalue weighted by atomic mass is 31.2. The van der Waals surface area contributed by atoms with Crippen LogP contribution < -0.4 is 5.32 Å². The number of benzene rings is 2. The van der Waals surface area contributed by atoms with E-state index in [9.17, 15) is 23.8 Å². The lowest BCUT2D eigenvalue weighted by Crippen LogP contribution is -2.37. The van der Waals surface area contributed by atoms with Gasteiger partial charge >= 0.3 is 19.8 Å². The highest BCUT2D eigenvalue weighted by Crippen LogP contribution is 2.43. The largest absolute Gasteiger partial charge is 0.472 e. The van der Waals surface area contributed by atoms with Gasteiger partial charge in [-0.25, -0.2) is 4.57 Å². The molecule has 0 aliphatic rings. The molecule has 2 aromatic carbocycles. The minimum atomic E-state index is -4.43. The molecule has 0 aliphatic heterocycles. The quantitative estimate of drug-likeness (QED) is 0.0294. The van der Waals surface area contributed by atoms with Crippen LogP contribution in [-0.2, 0) is 55.2 Å². The van der Waals surface area contributed by atoms with E-state index in [2.05, 4.69) is 18.3 Å². The molecule has 0 aliphatic carbocycles. The number of carbonyl (C=O) groups is 3. The van der Waals surface area contributed by atoms with Gasteiger partial charge in [0.2, 0.25) is 5.91 Å². The number of unbranched alkanes of at least 4 members (excludes halogenated alkanes) is 16. The zero-order chi connectivity index (χ0) is 43.2. The molecule has 0 fully saturated rings. The predicted molar refractivity (Wildman–Crippen MR) is 235 cm³/mol. The van der Waals surface area contributed by atoms with E-state index >= 15 is 0 Å². The van der Waals surface area contributed by atoms with Gasteiger partial charge in [-0.05, 0) is 47.2 Å². The summed E-state index contributed by atoms with van der Waals surface area (Å²) in [7, 11) is 3.03. The van der Waals surface area contributed by atoms with Crippen LogP contribution in [0.25, 0.3) is 10.8 Å². The molecule has 59 heavy (non-hydrogen) atoms. The van der Waals surface area contributed by atoms with Gasteiger partial charge in [-0.2, -0.15) is 0 Å². The first-order valence-electron chi connectivity index (χ1n) is 22.3. The third-order valence-electron chi connectivity index (χ3n) is 10.2. The fourth-order valence-corrected chi connectivity index (χ4v) is 7.40. The number of amides is 1. The first kappa shape index (κ1) is 52.3. The Morgan fingerprint density at radius 1 is 0.695 bits per heavy atom. The Morgan fingerprint density at radius 3 is 1.80 bits per heavy atom. The Balaban J connectivity index is 1.67. The Hall–Kier alpha value is -2.86. The summed E-state index contributed by atoms with van der Waals surface area (Å²) in [6.45, 7) is 3.01. The number of ether oxygens (including phenoxy) is 3. The maximum Gasteiger partial charge on any atom is 0.472 e. The lowest BCUT2D eigenvalue weighted by molar-refractivity contribution is -0.870. The molecular weight excluding hydrogens is 771 g/mol. The fourth-order valence-electron chi connectivity index (χ4n) is 6.66. The molecule has 0 radical (unpaired) electrons. The van der Waals surface area contributed by atoms with E-state index in [1.165, 1.54) is 70.6 Å². The average molecular weight is 850 g/mol. The minimum Gasteiger partial charge on any atom is -0.462 e. The summed E-state index contributed by atoms with van der Waals surface area (Å²) in [5, 5.41) is 5.12. The number of likely N-dealkylation sites (N-methyl/N-ethyl adjacent to an activating group) is 1. The highest BCUT2D eigenvalue weighted by Gasteiger charge is 2.27. The van der Waals surface area contributed by atoms with Gasteiger partial charge in [-0.1, -0.05) is 134 Å². The molecule has 2 N–H and O–H groups in total. The standard InChI is InChI=1S/C46H77N2O10P/c1-6-7-8-9-10-11-12-13-14-15-16-17-18-19-21-24-45(50)55-37-43(38-57-59(52,53)56-32-31-48(2,3)4)58-46(51)25-22-20-23-30-47-44(49)35-39-26-28-42-34-40(36-54-5)27-29-41(42)33-39/h26-29,33-34,43H,6-25,30-32,35-38H2,1-5H3,(H-,47,49,52,53)/p+1/t43-/m1/s1. The third-order valence-corrected chi connectivity index (χ3v) is 11.2.